The summed E-state index contributed by atoms with van der Waals surface area (Å²) in [6, 6.07) is 8.45. The molecule has 1 fully saturated rings. The Hall–Kier alpha value is -1.63. The third-order valence-corrected chi connectivity index (χ3v) is 6.19. The van der Waals surface area contributed by atoms with E-state index in [0.717, 1.165) is 24.5 Å². The summed E-state index contributed by atoms with van der Waals surface area (Å²) in [5.41, 5.74) is 2.33. The van der Waals surface area contributed by atoms with Gasteiger partial charge in [0.25, 0.3) is 0 Å². The highest BCUT2D eigenvalue weighted by atomic mass is 35.5. The number of anilines is 1. The maximum Gasteiger partial charge on any atom is 0.351 e. The monoisotopic (exact) mass is 364 g/mol. The van der Waals surface area contributed by atoms with Gasteiger partial charge in [-0.05, 0) is 24.0 Å². The highest BCUT2D eigenvalue weighted by molar-refractivity contribution is 7.18. The van der Waals surface area contributed by atoms with Crippen LogP contribution in [0.2, 0.25) is 5.15 Å². The van der Waals surface area contributed by atoms with Gasteiger partial charge in [-0.1, -0.05) is 47.2 Å². The summed E-state index contributed by atoms with van der Waals surface area (Å²) in [5.74, 6) is -0.446. The summed E-state index contributed by atoms with van der Waals surface area (Å²) >= 11 is 7.39. The predicted octanol–water partition coefficient (Wildman–Crippen LogP) is 3.26. The van der Waals surface area contributed by atoms with Crippen molar-refractivity contribution in [1.29, 1.82) is 0 Å². The lowest BCUT2D eigenvalue weighted by Gasteiger charge is -2.41. The molecule has 1 atom stereocenters. The van der Waals surface area contributed by atoms with Crippen LogP contribution >= 0.6 is 22.9 Å². The van der Waals surface area contributed by atoms with Crippen molar-refractivity contribution < 1.29 is 14.3 Å². The third-order valence-electron chi connectivity index (χ3n) is 4.71. The van der Waals surface area contributed by atoms with Crippen LogP contribution < -0.4 is 4.90 Å². The number of benzene rings is 1. The zero-order chi connectivity index (χ0) is 16.7. The first-order valence-corrected chi connectivity index (χ1v) is 9.04. The van der Waals surface area contributed by atoms with Crippen molar-refractivity contribution in [3.63, 3.8) is 0 Å². The number of aryl methyl sites for hydroxylation is 1. The summed E-state index contributed by atoms with van der Waals surface area (Å²) in [7, 11) is 1.34. The number of nitrogens with zero attached hydrogens (tertiary/aromatic N) is 2. The zero-order valence-corrected chi connectivity index (χ0v) is 14.8. The normalized spacial score (nSPS) is 22.7. The number of ether oxygens (including phenoxy) is 2. The molecular formula is C17H17ClN2O3S. The van der Waals surface area contributed by atoms with Gasteiger partial charge in [0, 0.05) is 6.54 Å². The van der Waals surface area contributed by atoms with Crippen LogP contribution in [0.3, 0.4) is 0 Å². The van der Waals surface area contributed by atoms with Crippen LogP contribution in [0.4, 0.5) is 5.13 Å². The number of halogens is 1. The van der Waals surface area contributed by atoms with Gasteiger partial charge >= 0.3 is 5.97 Å². The summed E-state index contributed by atoms with van der Waals surface area (Å²) in [6.45, 7) is 2.07. The number of methoxy groups -OCH3 is 1. The van der Waals surface area contributed by atoms with Crippen molar-refractivity contribution in [1.82, 2.24) is 4.98 Å². The molecule has 0 bridgehead atoms. The standard InChI is InChI=1S/C17H17ClN2O3S/c1-22-15(21)13-14(18)19-16(24-13)20-8-9-23-17(10-20)7-6-11-4-2-3-5-12(11)17/h2-5H,6-10H2,1H3. The molecule has 1 aromatic heterocycles. The molecule has 0 amide bonds. The second-order valence-electron chi connectivity index (χ2n) is 6.03. The summed E-state index contributed by atoms with van der Waals surface area (Å²) in [6.07, 6.45) is 1.99. The zero-order valence-electron chi connectivity index (χ0n) is 13.3. The highest BCUT2D eigenvalue weighted by Gasteiger charge is 2.44. The molecule has 5 nitrogen and oxygen atoms in total. The molecule has 2 heterocycles. The van der Waals surface area contributed by atoms with E-state index in [1.54, 1.807) is 0 Å². The maximum absolute atomic E-state index is 11.8. The van der Waals surface area contributed by atoms with Gasteiger partial charge in [0.2, 0.25) is 0 Å². The molecule has 0 N–H and O–H groups in total. The first kappa shape index (κ1) is 15.9. The first-order valence-electron chi connectivity index (χ1n) is 7.85. The number of carbonyl (C=O) groups is 1. The van der Waals surface area contributed by atoms with Gasteiger partial charge < -0.3 is 14.4 Å². The Morgan fingerprint density at radius 2 is 2.29 bits per heavy atom. The van der Waals surface area contributed by atoms with E-state index >= 15 is 0 Å². The van der Waals surface area contributed by atoms with Crippen molar-refractivity contribution in [2.45, 2.75) is 18.4 Å². The summed E-state index contributed by atoms with van der Waals surface area (Å²) in [4.78, 5) is 18.6. The van der Waals surface area contributed by atoms with E-state index in [1.165, 1.54) is 29.6 Å². The average molecular weight is 365 g/mol. The van der Waals surface area contributed by atoms with Crippen molar-refractivity contribution in [3.05, 3.63) is 45.4 Å². The number of aromatic nitrogens is 1. The van der Waals surface area contributed by atoms with Crippen LogP contribution in [0.1, 0.15) is 27.2 Å². The quantitative estimate of drug-likeness (QED) is 0.765. The number of hydrogen-bond acceptors (Lipinski definition) is 6. The van der Waals surface area contributed by atoms with Crippen LogP contribution in [0.5, 0.6) is 0 Å². The molecule has 0 saturated carbocycles. The molecule has 2 aliphatic rings. The minimum atomic E-state index is -0.446. The molecule has 1 spiro atoms. The molecule has 1 unspecified atom stereocenters. The molecule has 1 aromatic carbocycles. The number of thiazole rings is 1. The highest BCUT2D eigenvalue weighted by Crippen LogP contribution is 2.43. The molecule has 126 valence electrons. The average Bonchev–Trinajstić information content (AvgIpc) is 3.17. The fraction of sp³-hybridized carbons (Fsp3) is 0.412. The van der Waals surface area contributed by atoms with Crippen LogP contribution in [-0.2, 0) is 21.5 Å². The number of rotatable bonds is 2. The smallest absolute Gasteiger partial charge is 0.351 e. The van der Waals surface area contributed by atoms with Crippen LogP contribution in [-0.4, -0.2) is 37.8 Å². The topological polar surface area (TPSA) is 51.7 Å². The van der Waals surface area contributed by atoms with E-state index in [1.807, 2.05) is 0 Å². The summed E-state index contributed by atoms with van der Waals surface area (Å²) in [5, 5.41) is 0.946. The Morgan fingerprint density at radius 3 is 3.12 bits per heavy atom. The Balaban J connectivity index is 1.64. The SMILES string of the molecule is COC(=O)c1sc(N2CCOC3(CCc4ccccc43)C2)nc1Cl. The Morgan fingerprint density at radius 1 is 1.46 bits per heavy atom. The van der Waals surface area contributed by atoms with Crippen molar-refractivity contribution in [2.75, 3.05) is 31.7 Å². The van der Waals surface area contributed by atoms with Crippen LogP contribution in [0.25, 0.3) is 0 Å². The van der Waals surface area contributed by atoms with Gasteiger partial charge in [-0.3, -0.25) is 0 Å². The van der Waals surface area contributed by atoms with Gasteiger partial charge in [0.15, 0.2) is 15.2 Å². The van der Waals surface area contributed by atoms with Gasteiger partial charge in [-0.15, -0.1) is 0 Å². The molecule has 24 heavy (non-hydrogen) atoms. The first-order chi connectivity index (χ1) is 11.6. The fourth-order valence-electron chi connectivity index (χ4n) is 3.56. The van der Waals surface area contributed by atoms with Crippen molar-refractivity contribution in [2.24, 2.45) is 0 Å². The van der Waals surface area contributed by atoms with E-state index in [4.69, 9.17) is 21.1 Å². The molecule has 1 aliphatic carbocycles. The minimum Gasteiger partial charge on any atom is -0.465 e. The van der Waals surface area contributed by atoms with Gasteiger partial charge in [0.05, 0.1) is 20.3 Å². The largest absolute Gasteiger partial charge is 0.465 e. The van der Waals surface area contributed by atoms with Crippen LogP contribution in [0.15, 0.2) is 24.3 Å². The number of carbonyl (C=O) groups excluding carboxylic acids is 1. The number of esters is 1. The van der Waals surface area contributed by atoms with E-state index in [2.05, 4.69) is 34.1 Å². The molecule has 4 rings (SSSR count). The lowest BCUT2D eigenvalue weighted by atomic mass is 9.94. The minimum absolute atomic E-state index is 0.203. The molecule has 1 saturated heterocycles. The van der Waals surface area contributed by atoms with E-state index in [9.17, 15) is 4.79 Å². The maximum atomic E-state index is 11.8. The van der Waals surface area contributed by atoms with Crippen molar-refractivity contribution >= 4 is 34.0 Å². The van der Waals surface area contributed by atoms with Gasteiger partial charge in [-0.25, -0.2) is 9.78 Å². The Bertz CT molecular complexity index is 790. The number of morpholine rings is 1. The third kappa shape index (κ3) is 2.49. The van der Waals surface area contributed by atoms with Crippen LogP contribution in [0, 0.1) is 0 Å². The van der Waals surface area contributed by atoms with E-state index in [-0.39, 0.29) is 10.8 Å². The lowest BCUT2D eigenvalue weighted by Crippen LogP contribution is -2.49. The van der Waals surface area contributed by atoms with Gasteiger partial charge in [0.1, 0.15) is 5.60 Å². The Kier molecular flexibility index (Phi) is 3.98. The second kappa shape index (κ2) is 6.02. The molecule has 0 radical (unpaired) electrons. The second-order valence-corrected chi connectivity index (χ2v) is 7.36. The Labute approximate surface area is 149 Å². The van der Waals surface area contributed by atoms with Crippen molar-refractivity contribution in [3.8, 4) is 0 Å². The lowest BCUT2D eigenvalue weighted by molar-refractivity contribution is -0.0592. The molecule has 2 aromatic rings. The number of fused-ring (bicyclic) bond motifs is 2. The molecule has 7 heteroatoms. The van der Waals surface area contributed by atoms with Gasteiger partial charge in [-0.2, -0.15) is 0 Å². The molecular weight excluding hydrogens is 348 g/mol. The number of hydrogen-bond donors (Lipinski definition) is 0. The molecule has 1 aliphatic heterocycles. The van der Waals surface area contributed by atoms with E-state index in [0.29, 0.717) is 18.0 Å². The predicted molar refractivity (Wildman–Crippen MR) is 93.1 cm³/mol. The van der Waals surface area contributed by atoms with E-state index < -0.39 is 5.97 Å². The fourth-order valence-corrected chi connectivity index (χ4v) is 4.78. The summed E-state index contributed by atoms with van der Waals surface area (Å²) < 4.78 is 11.0.